The van der Waals surface area contributed by atoms with Crippen molar-refractivity contribution in [2.24, 2.45) is 0 Å². The lowest BCUT2D eigenvalue weighted by molar-refractivity contribution is -0.141. The average Bonchev–Trinajstić information content (AvgIpc) is 2.45. The van der Waals surface area contributed by atoms with Gasteiger partial charge in [-0.3, -0.25) is 9.59 Å². The minimum Gasteiger partial charge on any atom is -0.481 e. The zero-order chi connectivity index (χ0) is 14.5. The first-order chi connectivity index (χ1) is 9.56. The lowest BCUT2D eigenvalue weighted by Crippen LogP contribution is -2.48. The molecule has 0 aliphatic carbocycles. The van der Waals surface area contributed by atoms with E-state index in [1.54, 1.807) is 4.90 Å². The summed E-state index contributed by atoms with van der Waals surface area (Å²) in [6.45, 7) is 2.71. The van der Waals surface area contributed by atoms with Gasteiger partial charge in [-0.15, -0.1) is 0 Å². The number of anilines is 2. The molecule has 0 unspecified atom stereocenters. The number of nitrogens with two attached hydrogens (primary N) is 1. The zero-order valence-corrected chi connectivity index (χ0v) is 11.3. The molecule has 20 heavy (non-hydrogen) atoms. The van der Waals surface area contributed by atoms with Crippen LogP contribution in [0.15, 0.2) is 24.3 Å². The van der Waals surface area contributed by atoms with E-state index in [4.69, 9.17) is 10.8 Å². The molecule has 1 aliphatic heterocycles. The second kappa shape index (κ2) is 6.27. The maximum atomic E-state index is 11.8. The fraction of sp³-hybridized carbons (Fsp3) is 0.429. The highest BCUT2D eigenvalue weighted by molar-refractivity contribution is 5.81. The van der Waals surface area contributed by atoms with Crippen molar-refractivity contribution in [3.8, 4) is 0 Å². The lowest BCUT2D eigenvalue weighted by Gasteiger charge is -2.36. The molecule has 2 rings (SSSR count). The van der Waals surface area contributed by atoms with Crippen molar-refractivity contribution in [2.75, 3.05) is 36.8 Å². The normalized spacial score (nSPS) is 15.2. The van der Waals surface area contributed by atoms with Crippen LogP contribution in [0.4, 0.5) is 11.4 Å². The summed E-state index contributed by atoms with van der Waals surface area (Å²) in [5.41, 5.74) is 7.54. The lowest BCUT2D eigenvalue weighted by atomic mass is 10.2. The van der Waals surface area contributed by atoms with E-state index < -0.39 is 5.97 Å². The molecule has 3 N–H and O–H groups in total. The zero-order valence-electron chi connectivity index (χ0n) is 11.3. The fourth-order valence-electron chi connectivity index (χ4n) is 2.31. The van der Waals surface area contributed by atoms with Crippen LogP contribution < -0.4 is 10.6 Å². The Morgan fingerprint density at radius 2 is 1.85 bits per heavy atom. The largest absolute Gasteiger partial charge is 0.481 e. The fourth-order valence-corrected chi connectivity index (χ4v) is 2.31. The molecule has 0 bridgehead atoms. The maximum Gasteiger partial charge on any atom is 0.303 e. The predicted octanol–water partition coefficient (Wildman–Crippen LogP) is 0.782. The summed E-state index contributed by atoms with van der Waals surface area (Å²) in [6, 6.07) is 7.67. The molecule has 1 fully saturated rings. The highest BCUT2D eigenvalue weighted by Gasteiger charge is 2.21. The van der Waals surface area contributed by atoms with Crippen molar-refractivity contribution >= 4 is 23.3 Å². The molecule has 1 aliphatic rings. The standard InChI is InChI=1S/C14H19N3O3/c15-11-2-1-3-12(10-11)16-6-8-17(9-7-16)13(18)4-5-14(19)20/h1-3,10H,4-9,15H2,(H,19,20). The molecular formula is C14H19N3O3. The Morgan fingerprint density at radius 3 is 2.45 bits per heavy atom. The SMILES string of the molecule is Nc1cccc(N2CCN(C(=O)CCC(=O)O)CC2)c1. The minimum atomic E-state index is -0.934. The molecule has 108 valence electrons. The number of carbonyl (C=O) groups excluding carboxylic acids is 1. The van der Waals surface area contributed by atoms with Gasteiger partial charge in [0.2, 0.25) is 5.91 Å². The van der Waals surface area contributed by atoms with Crippen molar-refractivity contribution in [3.63, 3.8) is 0 Å². The molecule has 0 atom stereocenters. The van der Waals surface area contributed by atoms with Crippen molar-refractivity contribution in [1.82, 2.24) is 4.90 Å². The van der Waals surface area contributed by atoms with Crippen LogP contribution in [0, 0.1) is 0 Å². The summed E-state index contributed by atoms with van der Waals surface area (Å²) >= 11 is 0. The molecule has 0 aromatic heterocycles. The number of hydrogen-bond acceptors (Lipinski definition) is 4. The number of carboxylic acid groups (broad SMARTS) is 1. The van der Waals surface area contributed by atoms with Crippen molar-refractivity contribution < 1.29 is 14.7 Å². The summed E-state index contributed by atoms with van der Waals surface area (Å²) in [5, 5.41) is 8.59. The molecule has 6 nitrogen and oxygen atoms in total. The molecule has 0 radical (unpaired) electrons. The van der Waals surface area contributed by atoms with Crippen LogP contribution in [0.2, 0.25) is 0 Å². The number of nitrogens with zero attached hydrogens (tertiary/aromatic N) is 2. The summed E-state index contributed by atoms with van der Waals surface area (Å²) < 4.78 is 0. The Morgan fingerprint density at radius 1 is 1.15 bits per heavy atom. The molecule has 0 saturated carbocycles. The van der Waals surface area contributed by atoms with Gasteiger partial charge < -0.3 is 20.6 Å². The topological polar surface area (TPSA) is 86.9 Å². The van der Waals surface area contributed by atoms with E-state index in [2.05, 4.69) is 4.90 Å². The molecular weight excluding hydrogens is 258 g/mol. The average molecular weight is 277 g/mol. The summed E-state index contributed by atoms with van der Waals surface area (Å²) in [7, 11) is 0. The van der Waals surface area contributed by atoms with Crippen molar-refractivity contribution in [1.29, 1.82) is 0 Å². The van der Waals surface area contributed by atoms with Gasteiger partial charge in [-0.2, -0.15) is 0 Å². The minimum absolute atomic E-state index is 0.0770. The van der Waals surface area contributed by atoms with Crippen molar-refractivity contribution in [3.05, 3.63) is 24.3 Å². The van der Waals surface area contributed by atoms with Gasteiger partial charge in [-0.05, 0) is 18.2 Å². The highest BCUT2D eigenvalue weighted by Crippen LogP contribution is 2.19. The van der Waals surface area contributed by atoms with Gasteiger partial charge in [0, 0.05) is 44.0 Å². The summed E-state index contributed by atoms with van der Waals surface area (Å²) in [6.07, 6.45) is -0.0259. The van der Waals surface area contributed by atoms with E-state index in [1.165, 1.54) is 0 Å². The number of nitrogen functional groups attached to an aromatic ring is 1. The smallest absolute Gasteiger partial charge is 0.303 e. The van der Waals surface area contributed by atoms with Gasteiger partial charge in [0.25, 0.3) is 0 Å². The predicted molar refractivity (Wildman–Crippen MR) is 76.5 cm³/mol. The number of hydrogen-bond donors (Lipinski definition) is 2. The Kier molecular flexibility index (Phi) is 4.45. The number of rotatable bonds is 4. The van der Waals surface area contributed by atoms with E-state index >= 15 is 0 Å². The first-order valence-electron chi connectivity index (χ1n) is 6.66. The number of carboxylic acids is 1. The van der Waals surface area contributed by atoms with Crippen LogP contribution in [-0.2, 0) is 9.59 Å². The van der Waals surface area contributed by atoms with Crippen LogP contribution in [0.25, 0.3) is 0 Å². The molecule has 0 spiro atoms. The summed E-state index contributed by atoms with van der Waals surface area (Å²) in [4.78, 5) is 26.2. The Balaban J connectivity index is 1.86. The molecule has 1 aromatic carbocycles. The van der Waals surface area contributed by atoms with Gasteiger partial charge in [0.15, 0.2) is 0 Å². The first kappa shape index (κ1) is 14.2. The van der Waals surface area contributed by atoms with Gasteiger partial charge >= 0.3 is 5.97 Å². The van der Waals surface area contributed by atoms with E-state index in [-0.39, 0.29) is 18.7 Å². The molecule has 1 aromatic rings. The van der Waals surface area contributed by atoms with Crippen molar-refractivity contribution in [2.45, 2.75) is 12.8 Å². The molecule has 1 amide bonds. The van der Waals surface area contributed by atoms with Crippen LogP contribution >= 0.6 is 0 Å². The van der Waals surface area contributed by atoms with Gasteiger partial charge in [0.05, 0.1) is 6.42 Å². The molecule has 6 heteroatoms. The third-order valence-electron chi connectivity index (χ3n) is 3.42. The van der Waals surface area contributed by atoms with Crippen LogP contribution in [0.5, 0.6) is 0 Å². The second-order valence-electron chi connectivity index (χ2n) is 4.86. The van der Waals surface area contributed by atoms with E-state index in [0.717, 1.165) is 24.5 Å². The van der Waals surface area contributed by atoms with Gasteiger partial charge in [-0.1, -0.05) is 6.07 Å². The highest BCUT2D eigenvalue weighted by atomic mass is 16.4. The molecule has 1 saturated heterocycles. The molecule has 1 heterocycles. The van der Waals surface area contributed by atoms with Gasteiger partial charge in [0.1, 0.15) is 0 Å². The second-order valence-corrected chi connectivity index (χ2v) is 4.86. The maximum absolute atomic E-state index is 11.8. The van der Waals surface area contributed by atoms with Crippen LogP contribution in [0.1, 0.15) is 12.8 Å². The van der Waals surface area contributed by atoms with E-state index in [0.29, 0.717) is 13.1 Å². The Labute approximate surface area is 117 Å². The Hall–Kier alpha value is -2.24. The number of amides is 1. The first-order valence-corrected chi connectivity index (χ1v) is 6.66. The number of benzene rings is 1. The van der Waals surface area contributed by atoms with Crippen LogP contribution in [0.3, 0.4) is 0 Å². The number of carbonyl (C=O) groups is 2. The third-order valence-corrected chi connectivity index (χ3v) is 3.42. The monoisotopic (exact) mass is 277 g/mol. The third kappa shape index (κ3) is 3.63. The Bertz CT molecular complexity index is 496. The number of piperazine rings is 1. The van der Waals surface area contributed by atoms with Gasteiger partial charge in [-0.25, -0.2) is 0 Å². The summed E-state index contributed by atoms with van der Waals surface area (Å²) in [5.74, 6) is -1.02. The quantitative estimate of drug-likeness (QED) is 0.794. The number of aliphatic carboxylic acids is 1. The van der Waals surface area contributed by atoms with Crippen LogP contribution in [-0.4, -0.2) is 48.1 Å². The van der Waals surface area contributed by atoms with E-state index in [9.17, 15) is 9.59 Å². The van der Waals surface area contributed by atoms with E-state index in [1.807, 2.05) is 24.3 Å².